The summed E-state index contributed by atoms with van der Waals surface area (Å²) in [6.07, 6.45) is 6.47. The number of phenolic OH excluding ortho intramolecular Hbond substituents is 3. The van der Waals surface area contributed by atoms with Gasteiger partial charge in [0.1, 0.15) is 40.4 Å². The molecule has 15 nitrogen and oxygen atoms in total. The van der Waals surface area contributed by atoms with Crippen LogP contribution in [0, 0.1) is 25.7 Å². The number of rotatable bonds is 12. The number of fused-ring (bicyclic) bond motifs is 1. The quantitative estimate of drug-likeness (QED) is 0.0339. The average Bonchev–Trinajstić information content (AvgIpc) is 3.67. The maximum atomic E-state index is 12.5. The van der Waals surface area contributed by atoms with E-state index >= 15 is 0 Å². The normalized spacial score (nSPS) is 15.2. The molecule has 0 saturated carbocycles. The SMILES string of the molecule is CC(=O)Nc1c(O)c(C(C)(C)C)cc(C=O)c1Cl.CCC(C)C(=O)Nc1cc(OC2N=C3C=CC(C)=CC3O2)cc(C)c1O.Cc1cc(OC(=O)CC(C)C)c(Cl)c(C(=O)Nc2ccccc2)c1O. The molecule has 0 spiro atoms. The first-order valence-electron chi connectivity index (χ1n) is 22.1. The Morgan fingerprint density at radius 2 is 1.52 bits per heavy atom. The third-order valence-corrected chi connectivity index (χ3v) is 11.3. The summed E-state index contributed by atoms with van der Waals surface area (Å²) in [6.45, 7) is 19.9. The summed E-state index contributed by atoms with van der Waals surface area (Å²) in [5.74, 6) is -1.35. The van der Waals surface area contributed by atoms with Gasteiger partial charge in [0.15, 0.2) is 12.0 Å². The van der Waals surface area contributed by atoms with Gasteiger partial charge in [-0.3, -0.25) is 24.0 Å². The van der Waals surface area contributed by atoms with Crippen LogP contribution in [0.3, 0.4) is 0 Å². The summed E-state index contributed by atoms with van der Waals surface area (Å²) in [4.78, 5) is 63.1. The molecule has 69 heavy (non-hydrogen) atoms. The molecule has 3 unspecified atom stereocenters. The van der Waals surface area contributed by atoms with Crippen molar-refractivity contribution in [2.75, 3.05) is 16.0 Å². The van der Waals surface area contributed by atoms with Crippen molar-refractivity contribution in [3.05, 3.63) is 116 Å². The summed E-state index contributed by atoms with van der Waals surface area (Å²) in [7, 11) is 0. The summed E-state index contributed by atoms with van der Waals surface area (Å²) in [5.41, 5.74) is 4.17. The summed E-state index contributed by atoms with van der Waals surface area (Å²) in [6, 6.07) is 15.0. The van der Waals surface area contributed by atoms with E-state index in [2.05, 4.69) is 20.9 Å². The highest BCUT2D eigenvalue weighted by Gasteiger charge is 2.30. The average molecular weight is 988 g/mol. The van der Waals surface area contributed by atoms with Gasteiger partial charge in [0.25, 0.3) is 5.91 Å². The molecule has 6 rings (SSSR count). The molecule has 3 atom stereocenters. The molecule has 0 radical (unpaired) electrons. The number of carbonyl (C=O) groups is 5. The van der Waals surface area contributed by atoms with Gasteiger partial charge in [0, 0.05) is 42.1 Å². The zero-order chi connectivity index (χ0) is 51.5. The van der Waals surface area contributed by atoms with E-state index in [1.165, 1.54) is 19.1 Å². The second-order valence-electron chi connectivity index (χ2n) is 17.9. The Labute approximate surface area is 412 Å². The largest absolute Gasteiger partial charge is 0.507 e. The molecule has 4 aromatic carbocycles. The van der Waals surface area contributed by atoms with E-state index < -0.39 is 18.3 Å². The number of allylic oxidation sites excluding steroid dienone is 2. The number of aryl methyl sites for hydroxylation is 2. The maximum Gasteiger partial charge on any atom is 0.311 e. The van der Waals surface area contributed by atoms with Gasteiger partial charge in [-0.25, -0.2) is 4.99 Å². The van der Waals surface area contributed by atoms with Crippen LogP contribution in [-0.2, 0) is 24.5 Å². The lowest BCUT2D eigenvalue weighted by atomic mass is 9.85. The number of nitrogens with one attached hydrogen (secondary N) is 3. The van der Waals surface area contributed by atoms with Crippen LogP contribution in [0.5, 0.6) is 28.7 Å². The lowest BCUT2D eigenvalue weighted by molar-refractivity contribution is -0.135. The molecule has 1 aliphatic heterocycles. The maximum absolute atomic E-state index is 12.5. The number of anilines is 3. The minimum Gasteiger partial charge on any atom is -0.507 e. The van der Waals surface area contributed by atoms with Gasteiger partial charge in [-0.05, 0) is 92.1 Å². The molecule has 17 heteroatoms. The molecule has 2 aliphatic rings. The van der Waals surface area contributed by atoms with Crippen molar-refractivity contribution < 1.29 is 53.5 Å². The number of aliphatic imine (C=N–C) groups is 1. The number of phenols is 3. The van der Waals surface area contributed by atoms with E-state index in [9.17, 15) is 39.3 Å². The third-order valence-electron chi connectivity index (χ3n) is 10.5. The van der Waals surface area contributed by atoms with Crippen LogP contribution in [0.1, 0.15) is 113 Å². The molecule has 0 bridgehead atoms. The Morgan fingerprint density at radius 1 is 0.870 bits per heavy atom. The van der Waals surface area contributed by atoms with Gasteiger partial charge in [0.2, 0.25) is 11.8 Å². The van der Waals surface area contributed by atoms with Gasteiger partial charge >= 0.3 is 12.4 Å². The van der Waals surface area contributed by atoms with Crippen LogP contribution in [-0.4, -0.2) is 63.5 Å². The first-order chi connectivity index (χ1) is 32.3. The monoisotopic (exact) mass is 986 g/mol. The molecule has 0 fully saturated rings. The zero-order valence-electron chi connectivity index (χ0n) is 40.5. The van der Waals surface area contributed by atoms with Gasteiger partial charge < -0.3 is 45.5 Å². The Hall–Kier alpha value is -6.68. The molecule has 368 valence electrons. The van der Waals surface area contributed by atoms with Crippen LogP contribution in [0.2, 0.25) is 10.0 Å². The fourth-order valence-corrected chi connectivity index (χ4v) is 7.09. The molecular weight excluding hydrogens is 927 g/mol. The first-order valence-corrected chi connectivity index (χ1v) is 22.9. The van der Waals surface area contributed by atoms with E-state index in [-0.39, 0.29) is 91.4 Å². The number of nitrogens with zero attached hydrogens (tertiary/aromatic N) is 1. The number of amides is 3. The highest BCUT2D eigenvalue weighted by Crippen LogP contribution is 2.43. The van der Waals surface area contributed by atoms with Crippen molar-refractivity contribution in [1.29, 1.82) is 0 Å². The fourth-order valence-electron chi connectivity index (χ4n) is 6.58. The highest BCUT2D eigenvalue weighted by atomic mass is 35.5. The van der Waals surface area contributed by atoms with E-state index in [1.54, 1.807) is 50.2 Å². The van der Waals surface area contributed by atoms with Crippen LogP contribution in [0.25, 0.3) is 0 Å². The lowest BCUT2D eigenvalue weighted by Gasteiger charge is -2.23. The van der Waals surface area contributed by atoms with Crippen LogP contribution < -0.4 is 25.4 Å². The van der Waals surface area contributed by atoms with Crippen molar-refractivity contribution in [3.8, 4) is 28.7 Å². The predicted molar refractivity (Wildman–Crippen MR) is 269 cm³/mol. The number of hydrogen-bond donors (Lipinski definition) is 6. The molecule has 0 aromatic heterocycles. The van der Waals surface area contributed by atoms with Crippen molar-refractivity contribution >= 4 is 76.0 Å². The Kier molecular flexibility index (Phi) is 19.1. The van der Waals surface area contributed by atoms with Crippen LogP contribution in [0.4, 0.5) is 17.1 Å². The van der Waals surface area contributed by atoms with Crippen molar-refractivity contribution in [2.24, 2.45) is 16.8 Å². The molecule has 4 aromatic rings. The van der Waals surface area contributed by atoms with Gasteiger partial charge in [-0.1, -0.05) is 102 Å². The fraction of sp³-hybridized carbons (Fsp3) is 0.346. The highest BCUT2D eigenvalue weighted by molar-refractivity contribution is 6.37. The Balaban J connectivity index is 0.000000230. The number of aldehydes is 1. The number of aromatic hydroxyl groups is 3. The van der Waals surface area contributed by atoms with Gasteiger partial charge in [0.05, 0.1) is 21.4 Å². The molecule has 3 amide bonds. The number of halogens is 2. The van der Waals surface area contributed by atoms with Gasteiger partial charge in [-0.2, -0.15) is 0 Å². The summed E-state index contributed by atoms with van der Waals surface area (Å²) >= 11 is 12.2. The molecule has 0 saturated heterocycles. The number of benzene rings is 4. The number of hydrogen-bond acceptors (Lipinski definition) is 12. The third kappa shape index (κ3) is 14.9. The Bertz CT molecular complexity index is 2670. The van der Waals surface area contributed by atoms with Crippen molar-refractivity contribution in [2.45, 2.75) is 107 Å². The standard InChI is InChI=1S/C20H24N2O4.C19H20ClNO4.C13H16ClNO3/c1-5-12(3)19(24)21-16-10-14(9-13(4)18(16)23)25-20-22-15-7-6-11(2)8-17(15)26-20;1-11(2)9-15(22)25-14-10-12(3)18(23)16(17(14)20)19(24)21-13-7-5-4-6-8-13;1-7(17)15-11-10(14)8(6-16)5-9(12(11)18)13(2,3)4/h6-10,12,17,20,23H,5H2,1-4H3,(H,21,24);4-8,10-11,23H,9H2,1-3H3,(H,21,24);5-6,18H,1-4H3,(H,15,17). The van der Waals surface area contributed by atoms with E-state index in [4.69, 9.17) is 37.4 Å². The number of carbonyl (C=O) groups excluding carboxylic acids is 5. The lowest BCUT2D eigenvalue weighted by Crippen LogP contribution is -2.21. The van der Waals surface area contributed by atoms with Crippen molar-refractivity contribution in [3.63, 3.8) is 0 Å². The number of esters is 1. The van der Waals surface area contributed by atoms with Gasteiger partial charge in [-0.15, -0.1) is 0 Å². The molecule has 6 N–H and O–H groups in total. The van der Waals surface area contributed by atoms with Crippen LogP contribution >= 0.6 is 23.2 Å². The number of ether oxygens (including phenoxy) is 3. The second kappa shape index (κ2) is 24.0. The van der Waals surface area contributed by atoms with Crippen molar-refractivity contribution in [1.82, 2.24) is 0 Å². The summed E-state index contributed by atoms with van der Waals surface area (Å²) in [5, 5.41) is 38.4. The van der Waals surface area contributed by atoms with E-state index in [0.717, 1.165) is 17.7 Å². The smallest absolute Gasteiger partial charge is 0.311 e. The summed E-state index contributed by atoms with van der Waals surface area (Å²) < 4.78 is 16.9. The topological polar surface area (TPSA) is 222 Å². The number of para-hydroxylation sites is 1. The second-order valence-corrected chi connectivity index (χ2v) is 18.7. The molecule has 1 aliphatic carbocycles. The molecular formula is C52H60Cl2N4O11. The minimum atomic E-state index is -0.760. The first kappa shape index (κ1) is 54.9. The van der Waals surface area contributed by atoms with Crippen LogP contribution in [0.15, 0.2) is 83.4 Å². The minimum absolute atomic E-state index is 0.0304. The van der Waals surface area contributed by atoms with E-state index in [1.807, 2.05) is 79.7 Å². The van der Waals surface area contributed by atoms with E-state index in [0.29, 0.717) is 40.1 Å². The molecule has 1 heterocycles. The zero-order valence-corrected chi connectivity index (χ0v) is 42.1. The predicted octanol–water partition coefficient (Wildman–Crippen LogP) is 11.4. The Morgan fingerprint density at radius 3 is 2.12 bits per heavy atom.